The molecule has 0 spiro atoms. The first-order valence-corrected chi connectivity index (χ1v) is 7.69. The molecule has 1 aromatic heterocycles. The first kappa shape index (κ1) is 16.6. The monoisotopic (exact) mass is 344 g/mol. The third-order valence-electron chi connectivity index (χ3n) is 4.46. The Balaban J connectivity index is 1.89. The Morgan fingerprint density at radius 2 is 2.12 bits per heavy atom. The van der Waals surface area contributed by atoms with Crippen molar-refractivity contribution in [1.29, 1.82) is 0 Å². The molecule has 0 aliphatic carbocycles. The third-order valence-corrected chi connectivity index (χ3v) is 4.46. The Hall–Kier alpha value is -3.23. The van der Waals surface area contributed by atoms with E-state index in [1.54, 1.807) is 6.07 Å². The number of rotatable bonds is 4. The zero-order valence-corrected chi connectivity index (χ0v) is 13.5. The lowest BCUT2D eigenvalue weighted by atomic mass is 9.99. The van der Waals surface area contributed by atoms with E-state index in [1.165, 1.54) is 47.0 Å². The van der Waals surface area contributed by atoms with E-state index in [1.807, 2.05) is 0 Å². The second-order valence-electron chi connectivity index (χ2n) is 6.06. The van der Waals surface area contributed by atoms with Gasteiger partial charge >= 0.3 is 5.97 Å². The van der Waals surface area contributed by atoms with Gasteiger partial charge in [-0.2, -0.15) is 5.10 Å². The summed E-state index contributed by atoms with van der Waals surface area (Å²) in [4.78, 5) is 35.8. The molecule has 9 nitrogen and oxygen atoms in total. The fourth-order valence-corrected chi connectivity index (χ4v) is 2.98. The van der Waals surface area contributed by atoms with Crippen LogP contribution in [-0.2, 0) is 4.79 Å². The van der Waals surface area contributed by atoms with Crippen LogP contribution in [0.1, 0.15) is 30.3 Å². The van der Waals surface area contributed by atoms with Crippen LogP contribution in [0, 0.1) is 10.1 Å². The van der Waals surface area contributed by atoms with Crippen molar-refractivity contribution in [3.63, 3.8) is 0 Å². The van der Waals surface area contributed by atoms with Gasteiger partial charge in [-0.1, -0.05) is 6.07 Å². The maximum Gasteiger partial charge on any atom is 0.329 e. The predicted octanol–water partition coefficient (Wildman–Crippen LogP) is 1.86. The fourth-order valence-electron chi connectivity index (χ4n) is 2.98. The number of aliphatic carboxylic acids is 1. The molecule has 1 saturated heterocycles. The lowest BCUT2D eigenvalue weighted by molar-refractivity contribution is -0.384. The first-order chi connectivity index (χ1) is 11.8. The minimum absolute atomic E-state index is 0.0844. The molecule has 1 unspecified atom stereocenters. The largest absolute Gasteiger partial charge is 0.480 e. The molecule has 1 aromatic carbocycles. The highest BCUT2D eigenvalue weighted by Gasteiger charge is 2.46. The summed E-state index contributed by atoms with van der Waals surface area (Å²) in [5.41, 5.74) is -0.790. The number of nitrogens with zero attached hydrogens (tertiary/aromatic N) is 4. The van der Waals surface area contributed by atoms with Gasteiger partial charge in [0, 0.05) is 24.9 Å². The number of aromatic nitrogens is 2. The molecule has 1 amide bonds. The number of hydrogen-bond acceptors (Lipinski definition) is 5. The van der Waals surface area contributed by atoms with E-state index in [4.69, 9.17) is 0 Å². The number of amides is 1. The summed E-state index contributed by atoms with van der Waals surface area (Å²) in [6.45, 7) is 1.88. The smallest absolute Gasteiger partial charge is 0.329 e. The Kier molecular flexibility index (Phi) is 3.99. The van der Waals surface area contributed by atoms with Gasteiger partial charge in [-0.3, -0.25) is 14.9 Å². The average Bonchev–Trinajstić information content (AvgIpc) is 3.22. The van der Waals surface area contributed by atoms with Gasteiger partial charge in [-0.05, 0) is 31.9 Å². The second-order valence-corrected chi connectivity index (χ2v) is 6.06. The van der Waals surface area contributed by atoms with Crippen LogP contribution in [0.3, 0.4) is 0 Å². The minimum Gasteiger partial charge on any atom is -0.480 e. The Labute approximate surface area is 142 Å². The molecule has 25 heavy (non-hydrogen) atoms. The molecular formula is C16H16N4O5. The third kappa shape index (κ3) is 2.84. The average molecular weight is 344 g/mol. The second kappa shape index (κ2) is 6.00. The van der Waals surface area contributed by atoms with Crippen molar-refractivity contribution >= 4 is 17.6 Å². The lowest BCUT2D eigenvalue weighted by Crippen LogP contribution is -2.50. The predicted molar refractivity (Wildman–Crippen MR) is 86.5 cm³/mol. The molecule has 2 heterocycles. The van der Waals surface area contributed by atoms with E-state index in [0.29, 0.717) is 25.1 Å². The molecular weight excluding hydrogens is 328 g/mol. The van der Waals surface area contributed by atoms with Crippen molar-refractivity contribution < 1.29 is 19.6 Å². The fraction of sp³-hybridized carbons (Fsp3) is 0.312. The van der Waals surface area contributed by atoms with E-state index in [9.17, 15) is 24.8 Å². The molecule has 3 rings (SSSR count). The summed E-state index contributed by atoms with van der Waals surface area (Å²) in [6.07, 6.45) is 2.51. The zero-order chi connectivity index (χ0) is 18.2. The summed E-state index contributed by atoms with van der Waals surface area (Å²) in [5.74, 6) is -1.51. The van der Waals surface area contributed by atoms with Gasteiger partial charge in [-0.15, -0.1) is 0 Å². The number of carboxylic acids is 1. The molecule has 9 heteroatoms. The van der Waals surface area contributed by atoms with Crippen LogP contribution in [0.5, 0.6) is 0 Å². The molecule has 130 valence electrons. The molecule has 1 fully saturated rings. The Morgan fingerprint density at radius 1 is 1.36 bits per heavy atom. The number of carbonyl (C=O) groups excluding carboxylic acids is 1. The molecule has 0 bridgehead atoms. The van der Waals surface area contributed by atoms with Crippen molar-refractivity contribution in [3.05, 3.63) is 52.3 Å². The lowest BCUT2D eigenvalue weighted by Gasteiger charge is -2.30. The van der Waals surface area contributed by atoms with E-state index in [0.717, 1.165) is 0 Å². The number of carbonyl (C=O) groups is 2. The number of hydrogen-bond donors (Lipinski definition) is 1. The number of carboxylic acid groups (broad SMARTS) is 1. The van der Waals surface area contributed by atoms with Gasteiger partial charge in [0.2, 0.25) is 0 Å². The van der Waals surface area contributed by atoms with Crippen LogP contribution in [-0.4, -0.2) is 48.7 Å². The van der Waals surface area contributed by atoms with Crippen molar-refractivity contribution in [1.82, 2.24) is 14.7 Å². The van der Waals surface area contributed by atoms with Crippen molar-refractivity contribution in [2.24, 2.45) is 0 Å². The number of non-ortho nitro benzene ring substituents is 1. The zero-order valence-electron chi connectivity index (χ0n) is 13.5. The Morgan fingerprint density at radius 3 is 2.80 bits per heavy atom. The first-order valence-electron chi connectivity index (χ1n) is 7.69. The standard InChI is InChI=1S/C16H16N4O5/c1-16(15(22)23)7-3-8-18(16)14(21)13-6-9-19(17-13)11-4-2-5-12(10-11)20(24)25/h2,4-6,9-10H,3,7-8H2,1H3,(H,22,23). The molecule has 1 aliphatic heterocycles. The number of likely N-dealkylation sites (tertiary alicyclic amines) is 1. The van der Waals surface area contributed by atoms with Crippen molar-refractivity contribution in [3.8, 4) is 5.69 Å². The number of nitro benzene ring substituents is 1. The van der Waals surface area contributed by atoms with E-state index >= 15 is 0 Å². The highest BCUT2D eigenvalue weighted by Crippen LogP contribution is 2.30. The topological polar surface area (TPSA) is 119 Å². The quantitative estimate of drug-likeness (QED) is 0.668. The number of nitro groups is 1. The van der Waals surface area contributed by atoms with Crippen LogP contribution in [0.15, 0.2) is 36.5 Å². The van der Waals surface area contributed by atoms with Gasteiger partial charge in [0.25, 0.3) is 11.6 Å². The molecule has 2 aromatic rings. The number of benzene rings is 1. The van der Waals surface area contributed by atoms with E-state index in [-0.39, 0.29) is 11.4 Å². The maximum atomic E-state index is 12.7. The van der Waals surface area contributed by atoms with E-state index in [2.05, 4.69) is 5.10 Å². The van der Waals surface area contributed by atoms with Crippen molar-refractivity contribution in [2.45, 2.75) is 25.3 Å². The van der Waals surface area contributed by atoms with Gasteiger partial charge in [0.05, 0.1) is 10.6 Å². The molecule has 0 radical (unpaired) electrons. The van der Waals surface area contributed by atoms with Gasteiger partial charge in [0.15, 0.2) is 5.69 Å². The van der Waals surface area contributed by atoms with Gasteiger partial charge in [-0.25, -0.2) is 9.48 Å². The SMILES string of the molecule is CC1(C(=O)O)CCCN1C(=O)c1ccn(-c2cccc([N+](=O)[O-])c2)n1. The minimum atomic E-state index is -1.24. The van der Waals surface area contributed by atoms with Crippen molar-refractivity contribution in [2.75, 3.05) is 6.54 Å². The van der Waals surface area contributed by atoms with Crippen LogP contribution < -0.4 is 0 Å². The van der Waals surface area contributed by atoms with Crippen LogP contribution >= 0.6 is 0 Å². The summed E-state index contributed by atoms with van der Waals surface area (Å²) >= 11 is 0. The normalized spacial score (nSPS) is 19.8. The van der Waals surface area contributed by atoms with Crippen LogP contribution in [0.2, 0.25) is 0 Å². The summed E-state index contributed by atoms with van der Waals surface area (Å²) in [5, 5.41) is 24.4. The molecule has 1 atom stereocenters. The van der Waals surface area contributed by atoms with Gasteiger partial charge < -0.3 is 10.0 Å². The molecule has 1 N–H and O–H groups in total. The Bertz CT molecular complexity index is 862. The molecule has 1 aliphatic rings. The van der Waals surface area contributed by atoms with Gasteiger partial charge in [0.1, 0.15) is 5.54 Å². The van der Waals surface area contributed by atoms with Crippen LogP contribution in [0.25, 0.3) is 5.69 Å². The molecule has 0 saturated carbocycles. The summed E-state index contributed by atoms with van der Waals surface area (Å²) in [7, 11) is 0. The highest BCUT2D eigenvalue weighted by atomic mass is 16.6. The summed E-state index contributed by atoms with van der Waals surface area (Å²) in [6, 6.07) is 7.34. The van der Waals surface area contributed by atoms with Crippen LogP contribution in [0.4, 0.5) is 5.69 Å². The highest BCUT2D eigenvalue weighted by molar-refractivity contribution is 5.96. The maximum absolute atomic E-state index is 12.7. The van der Waals surface area contributed by atoms with E-state index < -0.39 is 22.3 Å². The summed E-state index contributed by atoms with van der Waals surface area (Å²) < 4.78 is 1.36.